The summed E-state index contributed by atoms with van der Waals surface area (Å²) in [6.07, 6.45) is 1.03. The summed E-state index contributed by atoms with van der Waals surface area (Å²) >= 11 is 0. The van der Waals surface area contributed by atoms with Gasteiger partial charge in [0, 0.05) is 18.5 Å². The Balaban J connectivity index is 2.62. The van der Waals surface area contributed by atoms with E-state index in [1.54, 1.807) is 12.1 Å². The van der Waals surface area contributed by atoms with Gasteiger partial charge in [-0.3, -0.25) is 4.79 Å². The third-order valence-electron chi connectivity index (χ3n) is 2.36. The molecular formula is C11H16N2O3S. The molecule has 0 aromatic heterocycles. The van der Waals surface area contributed by atoms with Crippen molar-refractivity contribution in [2.75, 3.05) is 17.7 Å². The highest BCUT2D eigenvalue weighted by atomic mass is 32.2. The molecule has 17 heavy (non-hydrogen) atoms. The first-order chi connectivity index (χ1) is 7.79. The van der Waals surface area contributed by atoms with E-state index in [-0.39, 0.29) is 6.54 Å². The van der Waals surface area contributed by atoms with E-state index in [0.717, 1.165) is 17.4 Å². The molecule has 94 valence electrons. The van der Waals surface area contributed by atoms with Crippen LogP contribution in [0.2, 0.25) is 0 Å². The number of nitrogens with one attached hydrogen (secondary N) is 1. The highest BCUT2D eigenvalue weighted by Crippen LogP contribution is 2.14. The van der Waals surface area contributed by atoms with Gasteiger partial charge in [0.1, 0.15) is 5.75 Å². The number of amides is 1. The molecule has 1 rings (SSSR count). The number of hydrogen-bond acceptors (Lipinski definition) is 4. The number of carbonyl (C=O) groups excluding carboxylic acids is 1. The quantitative estimate of drug-likeness (QED) is 0.755. The molecule has 1 amide bonds. The Morgan fingerprint density at radius 2 is 2.06 bits per heavy atom. The van der Waals surface area contributed by atoms with Gasteiger partial charge in [-0.25, -0.2) is 8.42 Å². The van der Waals surface area contributed by atoms with Gasteiger partial charge < -0.3 is 11.1 Å². The molecule has 0 bridgehead atoms. The number of rotatable bonds is 4. The van der Waals surface area contributed by atoms with E-state index in [0.29, 0.717) is 5.69 Å². The Labute approximate surface area is 101 Å². The molecule has 1 aromatic rings. The molecule has 5 nitrogen and oxygen atoms in total. The van der Waals surface area contributed by atoms with Crippen molar-refractivity contribution >= 4 is 21.4 Å². The van der Waals surface area contributed by atoms with Gasteiger partial charge in [-0.15, -0.1) is 0 Å². The first-order valence-electron chi connectivity index (χ1n) is 5.08. The summed E-state index contributed by atoms with van der Waals surface area (Å²) in [4.78, 5) is 11.3. The fraction of sp³-hybridized carbons (Fsp3) is 0.364. The molecule has 0 saturated carbocycles. The first-order valence-corrected chi connectivity index (χ1v) is 7.14. The Hall–Kier alpha value is -1.56. The molecule has 6 heteroatoms. The van der Waals surface area contributed by atoms with Gasteiger partial charge in [0.2, 0.25) is 5.91 Å². The number of nitrogens with two attached hydrogens (primary N) is 1. The minimum Gasteiger partial charge on any atom is -0.399 e. The van der Waals surface area contributed by atoms with Crippen molar-refractivity contribution in [2.24, 2.45) is 0 Å². The first kappa shape index (κ1) is 13.5. The van der Waals surface area contributed by atoms with Gasteiger partial charge in [-0.05, 0) is 24.1 Å². The molecule has 0 heterocycles. The lowest BCUT2D eigenvalue weighted by Gasteiger charge is -2.09. The second-order valence-electron chi connectivity index (χ2n) is 3.98. The Bertz CT molecular complexity index is 524. The van der Waals surface area contributed by atoms with Crippen LogP contribution in [0.25, 0.3) is 0 Å². The topological polar surface area (TPSA) is 89.3 Å². The Morgan fingerprint density at radius 3 is 2.65 bits per heavy atom. The molecular weight excluding hydrogens is 240 g/mol. The highest BCUT2D eigenvalue weighted by molar-refractivity contribution is 7.91. The molecule has 0 saturated heterocycles. The van der Waals surface area contributed by atoms with E-state index >= 15 is 0 Å². The Kier molecular flexibility index (Phi) is 4.11. The zero-order valence-electron chi connectivity index (χ0n) is 9.86. The van der Waals surface area contributed by atoms with Gasteiger partial charge in [0.25, 0.3) is 0 Å². The molecule has 1 aromatic carbocycles. The molecule has 3 N–H and O–H groups in total. The molecule has 0 aliphatic heterocycles. The number of benzene rings is 1. The minimum atomic E-state index is -3.28. The number of nitrogen functional groups attached to an aromatic ring is 1. The van der Waals surface area contributed by atoms with Crippen LogP contribution >= 0.6 is 0 Å². The van der Waals surface area contributed by atoms with E-state index in [2.05, 4.69) is 5.32 Å². The van der Waals surface area contributed by atoms with Gasteiger partial charge >= 0.3 is 0 Å². The fourth-order valence-electron chi connectivity index (χ4n) is 1.38. The lowest BCUT2D eigenvalue weighted by atomic mass is 10.1. The van der Waals surface area contributed by atoms with E-state index in [1.807, 2.05) is 13.0 Å². The van der Waals surface area contributed by atoms with E-state index < -0.39 is 21.5 Å². The van der Waals surface area contributed by atoms with Crippen molar-refractivity contribution in [3.8, 4) is 0 Å². The summed E-state index contributed by atoms with van der Waals surface area (Å²) in [5.74, 6) is -0.997. The SMILES string of the molecule is Cc1c(N)cccc1CNC(=O)CS(C)(=O)=O. The van der Waals surface area contributed by atoms with Crippen LogP contribution in [0.4, 0.5) is 5.69 Å². The second-order valence-corrected chi connectivity index (χ2v) is 6.12. The van der Waals surface area contributed by atoms with Crippen LogP contribution in [0.1, 0.15) is 11.1 Å². The molecule has 0 aliphatic rings. The normalized spacial score (nSPS) is 11.2. The third kappa shape index (κ3) is 4.44. The molecule has 0 aliphatic carbocycles. The van der Waals surface area contributed by atoms with Crippen LogP contribution in [0.3, 0.4) is 0 Å². The number of hydrogen-bond donors (Lipinski definition) is 2. The van der Waals surface area contributed by atoms with Crippen molar-refractivity contribution in [1.82, 2.24) is 5.32 Å². The van der Waals surface area contributed by atoms with E-state index in [9.17, 15) is 13.2 Å². The average molecular weight is 256 g/mol. The van der Waals surface area contributed by atoms with Crippen LogP contribution < -0.4 is 11.1 Å². The molecule has 0 spiro atoms. The van der Waals surface area contributed by atoms with Gasteiger partial charge in [0.05, 0.1) is 0 Å². The summed E-state index contributed by atoms with van der Waals surface area (Å²) in [6, 6.07) is 5.41. The molecule has 0 radical (unpaired) electrons. The summed E-state index contributed by atoms with van der Waals surface area (Å²) in [5, 5.41) is 2.55. The fourth-order valence-corrected chi connectivity index (χ4v) is 1.96. The van der Waals surface area contributed by atoms with Gasteiger partial charge in [-0.1, -0.05) is 12.1 Å². The standard InChI is InChI=1S/C11H16N2O3S/c1-8-9(4-3-5-10(8)12)6-13-11(14)7-17(2,15)16/h3-5H,6-7,12H2,1-2H3,(H,13,14). The summed E-state index contributed by atoms with van der Waals surface area (Å²) < 4.78 is 21.8. The van der Waals surface area contributed by atoms with Crippen molar-refractivity contribution in [2.45, 2.75) is 13.5 Å². The number of sulfone groups is 1. The maximum atomic E-state index is 11.3. The van der Waals surface area contributed by atoms with Crippen molar-refractivity contribution in [3.63, 3.8) is 0 Å². The monoisotopic (exact) mass is 256 g/mol. The lowest BCUT2D eigenvalue weighted by molar-refractivity contribution is -0.118. The minimum absolute atomic E-state index is 0.283. The smallest absolute Gasteiger partial charge is 0.235 e. The van der Waals surface area contributed by atoms with E-state index in [1.165, 1.54) is 0 Å². The van der Waals surface area contributed by atoms with Gasteiger partial charge in [0.15, 0.2) is 9.84 Å². The van der Waals surface area contributed by atoms with Crippen molar-refractivity contribution < 1.29 is 13.2 Å². The lowest BCUT2D eigenvalue weighted by Crippen LogP contribution is -2.29. The molecule has 0 atom stereocenters. The largest absolute Gasteiger partial charge is 0.399 e. The predicted octanol–water partition coefficient (Wildman–Crippen LogP) is 0.238. The summed E-state index contributed by atoms with van der Waals surface area (Å²) in [6.45, 7) is 2.14. The number of carbonyl (C=O) groups is 1. The third-order valence-corrected chi connectivity index (χ3v) is 3.14. The van der Waals surface area contributed by atoms with Crippen molar-refractivity contribution in [3.05, 3.63) is 29.3 Å². The highest BCUT2D eigenvalue weighted by Gasteiger charge is 2.10. The zero-order valence-corrected chi connectivity index (χ0v) is 10.7. The maximum Gasteiger partial charge on any atom is 0.235 e. The van der Waals surface area contributed by atoms with Gasteiger partial charge in [-0.2, -0.15) is 0 Å². The van der Waals surface area contributed by atoms with Crippen LogP contribution in [-0.2, 0) is 21.2 Å². The summed E-state index contributed by atoms with van der Waals surface area (Å²) in [5.41, 5.74) is 8.15. The second kappa shape index (κ2) is 5.18. The van der Waals surface area contributed by atoms with Crippen LogP contribution in [-0.4, -0.2) is 26.3 Å². The van der Waals surface area contributed by atoms with Crippen molar-refractivity contribution in [1.29, 1.82) is 0 Å². The molecule has 0 unspecified atom stereocenters. The van der Waals surface area contributed by atoms with Crippen LogP contribution in [0.15, 0.2) is 18.2 Å². The summed E-state index contributed by atoms with van der Waals surface area (Å²) in [7, 11) is -3.28. The number of anilines is 1. The molecule has 0 fully saturated rings. The van der Waals surface area contributed by atoms with Crippen LogP contribution in [0, 0.1) is 6.92 Å². The zero-order chi connectivity index (χ0) is 13.1. The van der Waals surface area contributed by atoms with E-state index in [4.69, 9.17) is 5.73 Å². The average Bonchev–Trinajstić information content (AvgIpc) is 2.18. The van der Waals surface area contributed by atoms with Crippen LogP contribution in [0.5, 0.6) is 0 Å². The Morgan fingerprint density at radius 1 is 1.41 bits per heavy atom. The predicted molar refractivity (Wildman–Crippen MR) is 67.1 cm³/mol. The maximum absolute atomic E-state index is 11.3.